The molecule has 5 rings (SSSR count). The van der Waals surface area contributed by atoms with Gasteiger partial charge in [0.1, 0.15) is 11.5 Å². The molecule has 0 bridgehead atoms. The highest BCUT2D eigenvalue weighted by atomic mass is 19.1. The van der Waals surface area contributed by atoms with Gasteiger partial charge in [-0.05, 0) is 85.6 Å². The molecular weight excluding hydrogens is 559 g/mol. The molecule has 5 aromatic rings. The van der Waals surface area contributed by atoms with Crippen molar-refractivity contribution in [2.45, 2.75) is 33.4 Å². The van der Waals surface area contributed by atoms with Gasteiger partial charge < -0.3 is 25.1 Å². The second-order valence-corrected chi connectivity index (χ2v) is 11.1. The van der Waals surface area contributed by atoms with Crippen LogP contribution in [0.2, 0.25) is 0 Å². The van der Waals surface area contributed by atoms with Crippen LogP contribution in [0.5, 0.6) is 0 Å². The number of hydrogen-bond donors (Lipinski definition) is 3. The SMILES string of the molecule is CN[C@H](C)C(=O)Nc1ccc(-c2cccc(C(=O)NCC(C)C)c2)n(Cc2cncc(-n3ccc4cc(F)ccc43)c2)c1=O. The minimum Gasteiger partial charge on any atom is -0.352 e. The van der Waals surface area contributed by atoms with Crippen LogP contribution < -0.4 is 21.5 Å². The van der Waals surface area contributed by atoms with E-state index in [9.17, 15) is 18.8 Å². The molecule has 0 radical (unpaired) electrons. The number of pyridine rings is 2. The molecule has 10 heteroatoms. The van der Waals surface area contributed by atoms with Crippen molar-refractivity contribution in [1.29, 1.82) is 0 Å². The topological polar surface area (TPSA) is 110 Å². The number of carbonyl (C=O) groups excluding carboxylic acids is 2. The van der Waals surface area contributed by atoms with Crippen molar-refractivity contribution in [1.82, 2.24) is 24.8 Å². The van der Waals surface area contributed by atoms with Gasteiger partial charge in [0.2, 0.25) is 5.91 Å². The Balaban J connectivity index is 1.56. The second kappa shape index (κ2) is 13.0. The number of anilines is 1. The first-order valence-electron chi connectivity index (χ1n) is 14.5. The van der Waals surface area contributed by atoms with Gasteiger partial charge in [0.05, 0.1) is 35.7 Å². The Morgan fingerprint density at radius 1 is 0.977 bits per heavy atom. The zero-order valence-electron chi connectivity index (χ0n) is 25.1. The molecule has 0 aliphatic heterocycles. The molecule has 0 aliphatic rings. The van der Waals surface area contributed by atoms with Gasteiger partial charge in [0.15, 0.2) is 0 Å². The van der Waals surface area contributed by atoms with Crippen LogP contribution in [0.4, 0.5) is 10.1 Å². The third-order valence-corrected chi connectivity index (χ3v) is 7.40. The van der Waals surface area contributed by atoms with Gasteiger partial charge in [-0.1, -0.05) is 26.0 Å². The molecule has 44 heavy (non-hydrogen) atoms. The average Bonchev–Trinajstić information content (AvgIpc) is 3.44. The normalized spacial score (nSPS) is 12.0. The van der Waals surface area contributed by atoms with E-state index < -0.39 is 11.6 Å². The summed E-state index contributed by atoms with van der Waals surface area (Å²) in [5, 5.41) is 9.29. The lowest BCUT2D eigenvalue weighted by molar-refractivity contribution is -0.117. The van der Waals surface area contributed by atoms with Crippen LogP contribution in [0.1, 0.15) is 36.7 Å². The highest BCUT2D eigenvalue weighted by Crippen LogP contribution is 2.24. The van der Waals surface area contributed by atoms with Crippen molar-refractivity contribution in [2.75, 3.05) is 18.9 Å². The molecule has 226 valence electrons. The molecule has 0 unspecified atom stereocenters. The second-order valence-electron chi connectivity index (χ2n) is 11.1. The van der Waals surface area contributed by atoms with E-state index >= 15 is 0 Å². The summed E-state index contributed by atoms with van der Waals surface area (Å²) in [5.41, 5.74) is 3.74. The number of likely N-dealkylation sites (N-methyl/N-ethyl adjacent to an activating group) is 1. The summed E-state index contributed by atoms with van der Waals surface area (Å²) >= 11 is 0. The van der Waals surface area contributed by atoms with Crippen LogP contribution in [-0.2, 0) is 11.3 Å². The lowest BCUT2D eigenvalue weighted by atomic mass is 10.1. The van der Waals surface area contributed by atoms with Crippen molar-refractivity contribution >= 4 is 28.4 Å². The molecule has 0 aliphatic carbocycles. The van der Waals surface area contributed by atoms with E-state index in [1.165, 1.54) is 12.1 Å². The van der Waals surface area contributed by atoms with Crippen LogP contribution in [0.3, 0.4) is 0 Å². The highest BCUT2D eigenvalue weighted by molar-refractivity contribution is 5.96. The van der Waals surface area contributed by atoms with Crippen molar-refractivity contribution in [3.63, 3.8) is 0 Å². The number of rotatable bonds is 10. The maximum Gasteiger partial charge on any atom is 0.275 e. The number of fused-ring (bicyclic) bond motifs is 1. The maximum absolute atomic E-state index is 13.9. The van der Waals surface area contributed by atoms with Crippen molar-refractivity contribution in [3.8, 4) is 16.9 Å². The Labute approximate surface area is 254 Å². The molecule has 3 heterocycles. The number of aromatic nitrogens is 3. The molecule has 0 saturated carbocycles. The Bertz CT molecular complexity index is 1890. The molecule has 0 spiro atoms. The van der Waals surface area contributed by atoms with Gasteiger partial charge in [-0.3, -0.25) is 19.4 Å². The van der Waals surface area contributed by atoms with E-state index in [1.54, 1.807) is 67.3 Å². The Kier molecular flexibility index (Phi) is 9.01. The van der Waals surface area contributed by atoms with Crippen LogP contribution in [0.25, 0.3) is 27.8 Å². The Hall–Kier alpha value is -5.09. The number of nitrogens with one attached hydrogen (secondary N) is 3. The first kappa shape index (κ1) is 30.4. The lowest BCUT2D eigenvalue weighted by Crippen LogP contribution is -2.37. The van der Waals surface area contributed by atoms with Gasteiger partial charge in [-0.25, -0.2) is 4.39 Å². The number of carbonyl (C=O) groups is 2. The van der Waals surface area contributed by atoms with E-state index in [-0.39, 0.29) is 29.9 Å². The van der Waals surface area contributed by atoms with E-state index in [4.69, 9.17) is 0 Å². The van der Waals surface area contributed by atoms with Gasteiger partial charge in [-0.2, -0.15) is 0 Å². The number of benzene rings is 2. The fourth-order valence-electron chi connectivity index (χ4n) is 4.89. The van der Waals surface area contributed by atoms with E-state index in [1.807, 2.05) is 42.8 Å². The van der Waals surface area contributed by atoms with Crippen LogP contribution in [0, 0.1) is 11.7 Å². The number of hydrogen-bond acceptors (Lipinski definition) is 5. The van der Waals surface area contributed by atoms with Gasteiger partial charge in [0, 0.05) is 29.9 Å². The summed E-state index contributed by atoms with van der Waals surface area (Å²) in [6, 6.07) is 18.3. The maximum atomic E-state index is 13.9. The molecule has 9 nitrogen and oxygen atoms in total. The predicted molar refractivity (Wildman–Crippen MR) is 171 cm³/mol. The molecule has 0 saturated heterocycles. The molecule has 1 atom stereocenters. The number of halogens is 1. The van der Waals surface area contributed by atoms with Gasteiger partial charge in [0.25, 0.3) is 11.5 Å². The van der Waals surface area contributed by atoms with Gasteiger partial charge >= 0.3 is 0 Å². The molecule has 2 amide bonds. The first-order valence-corrected chi connectivity index (χ1v) is 14.5. The van der Waals surface area contributed by atoms with Crippen LogP contribution in [-0.4, -0.2) is 45.6 Å². The average molecular weight is 595 g/mol. The van der Waals surface area contributed by atoms with Crippen LogP contribution >= 0.6 is 0 Å². The van der Waals surface area contributed by atoms with E-state index in [2.05, 4.69) is 20.9 Å². The van der Waals surface area contributed by atoms with Gasteiger partial charge in [-0.15, -0.1) is 0 Å². The zero-order valence-corrected chi connectivity index (χ0v) is 25.1. The van der Waals surface area contributed by atoms with Crippen molar-refractivity contribution < 1.29 is 14.0 Å². The number of nitrogens with zero attached hydrogens (tertiary/aromatic N) is 3. The molecule has 2 aromatic carbocycles. The highest BCUT2D eigenvalue weighted by Gasteiger charge is 2.18. The van der Waals surface area contributed by atoms with E-state index in [0.717, 1.165) is 22.2 Å². The first-order chi connectivity index (χ1) is 21.1. The van der Waals surface area contributed by atoms with Crippen molar-refractivity contribution in [2.24, 2.45) is 5.92 Å². The predicted octanol–water partition coefficient (Wildman–Crippen LogP) is 4.97. The summed E-state index contributed by atoms with van der Waals surface area (Å²) < 4.78 is 17.3. The fourth-order valence-corrected chi connectivity index (χ4v) is 4.89. The smallest absolute Gasteiger partial charge is 0.275 e. The lowest BCUT2D eigenvalue weighted by Gasteiger charge is -2.18. The largest absolute Gasteiger partial charge is 0.352 e. The Morgan fingerprint density at radius 3 is 2.57 bits per heavy atom. The third kappa shape index (κ3) is 6.60. The summed E-state index contributed by atoms with van der Waals surface area (Å²) in [5.74, 6) is -0.551. The zero-order chi connectivity index (χ0) is 31.4. The molecule has 0 fully saturated rings. The summed E-state index contributed by atoms with van der Waals surface area (Å²) in [7, 11) is 1.67. The monoisotopic (exact) mass is 594 g/mol. The number of amides is 2. The minimum atomic E-state index is -0.505. The Morgan fingerprint density at radius 2 is 1.80 bits per heavy atom. The van der Waals surface area contributed by atoms with Crippen molar-refractivity contribution in [3.05, 3.63) is 113 Å². The van der Waals surface area contributed by atoms with E-state index in [0.29, 0.717) is 29.3 Å². The molecule has 3 N–H and O–H groups in total. The quantitative estimate of drug-likeness (QED) is 0.212. The standard InChI is InChI=1S/C34H35FN6O3/c1-21(2)17-38-33(43)26-7-5-6-24(15-26)31-11-9-29(39-32(42)22(3)36-4)34(44)41(31)20-23-14-28(19-37-18-23)40-13-12-25-16-27(35)8-10-30(25)40/h5-16,18-19,21-22,36H,17,20H2,1-4H3,(H,38,43)(H,39,42)/t22-/m1/s1. The minimum absolute atomic E-state index is 0.134. The summed E-state index contributed by atoms with van der Waals surface area (Å²) in [6.45, 7) is 6.43. The van der Waals surface area contributed by atoms with Crippen LogP contribution in [0.15, 0.2) is 90.1 Å². The molecule has 3 aromatic heterocycles. The molecular formula is C34H35FN6O3. The third-order valence-electron chi connectivity index (χ3n) is 7.40. The fraction of sp³-hybridized carbons (Fsp3) is 0.235. The summed E-state index contributed by atoms with van der Waals surface area (Å²) in [4.78, 5) is 43.8. The summed E-state index contributed by atoms with van der Waals surface area (Å²) in [6.07, 6.45) is 5.22.